The van der Waals surface area contributed by atoms with Crippen molar-refractivity contribution in [2.45, 2.75) is 0 Å². The molecule has 8 aromatic rings. The number of benzene rings is 7. The number of rotatable bonds is 10. The van der Waals surface area contributed by atoms with Crippen LogP contribution in [0.5, 0.6) is 23.0 Å². The van der Waals surface area contributed by atoms with Crippen molar-refractivity contribution >= 4 is 5.69 Å². The second kappa shape index (κ2) is 15.5. The number of pyridine rings is 1. The van der Waals surface area contributed by atoms with Gasteiger partial charge in [0.15, 0.2) is 0 Å². The van der Waals surface area contributed by atoms with E-state index in [1.807, 2.05) is 66.9 Å². The zero-order valence-electron chi connectivity index (χ0n) is 31.0. The van der Waals surface area contributed by atoms with Crippen molar-refractivity contribution in [3.05, 3.63) is 207 Å². The Balaban J connectivity index is 1.12. The highest BCUT2D eigenvalue weighted by Crippen LogP contribution is 2.43. The van der Waals surface area contributed by atoms with Crippen LogP contribution in [0.4, 0.5) is 5.69 Å². The maximum atomic E-state index is 6.59. The van der Waals surface area contributed by atoms with Gasteiger partial charge in [0, 0.05) is 43.0 Å². The smallest absolute Gasteiger partial charge is 0.129 e. The van der Waals surface area contributed by atoms with Crippen LogP contribution in [0.2, 0.25) is 0 Å². The van der Waals surface area contributed by atoms with E-state index in [2.05, 4.69) is 157 Å². The monoisotopic (exact) mass is 725 g/mol. The zero-order valence-corrected chi connectivity index (χ0v) is 31.0. The van der Waals surface area contributed by atoms with Crippen molar-refractivity contribution in [1.82, 2.24) is 9.88 Å². The molecule has 1 aromatic heterocycles. The van der Waals surface area contributed by atoms with E-state index in [0.717, 1.165) is 91.1 Å². The first kappa shape index (κ1) is 34.4. The van der Waals surface area contributed by atoms with Crippen LogP contribution in [0, 0.1) is 0 Å². The summed E-state index contributed by atoms with van der Waals surface area (Å²) in [6.45, 7) is 0.803. The van der Waals surface area contributed by atoms with E-state index < -0.39 is 0 Å². The third kappa shape index (κ3) is 7.52. The summed E-state index contributed by atoms with van der Waals surface area (Å²) in [6.07, 6.45) is 6.02. The Morgan fingerprint density at radius 3 is 1.70 bits per heavy atom. The molecule has 9 rings (SSSR count). The first-order chi connectivity index (χ1) is 27.6. The van der Waals surface area contributed by atoms with Gasteiger partial charge in [-0.3, -0.25) is 4.98 Å². The molecule has 5 heteroatoms. The summed E-state index contributed by atoms with van der Waals surface area (Å²) in [5.41, 5.74) is 11.7. The van der Waals surface area contributed by atoms with Crippen molar-refractivity contribution < 1.29 is 9.47 Å². The fourth-order valence-corrected chi connectivity index (χ4v) is 7.22. The van der Waals surface area contributed by atoms with Gasteiger partial charge in [-0.15, -0.1) is 0 Å². The minimum atomic E-state index is 0.743. The van der Waals surface area contributed by atoms with Gasteiger partial charge >= 0.3 is 0 Å². The maximum absolute atomic E-state index is 6.59. The molecule has 0 spiro atoms. The highest BCUT2D eigenvalue weighted by Gasteiger charge is 2.18. The molecule has 56 heavy (non-hydrogen) atoms. The summed E-state index contributed by atoms with van der Waals surface area (Å²) in [5.74, 6) is 3.04. The van der Waals surface area contributed by atoms with Gasteiger partial charge in [-0.25, -0.2) is 0 Å². The summed E-state index contributed by atoms with van der Waals surface area (Å²) >= 11 is 0. The van der Waals surface area contributed by atoms with Gasteiger partial charge < -0.3 is 19.3 Å². The van der Waals surface area contributed by atoms with Gasteiger partial charge in [0.25, 0.3) is 0 Å². The van der Waals surface area contributed by atoms with E-state index >= 15 is 0 Å². The highest BCUT2D eigenvalue weighted by atomic mass is 16.5. The molecule has 0 N–H and O–H groups in total. The standard InChI is InChI=1S/C51H39N3O2/c1-53-28-29-54(36-53)43-19-12-23-46(35-43)56-45-22-11-18-40(31-45)50-34-39(26-27-52-50)41-30-42(33-47(32-41)55-44-20-9-4-10-21-44)51-48(37-14-5-2-6-15-37)24-13-25-49(51)38-16-7-3-8-17-38/h2-35H,36H2,1H3. The second-order valence-electron chi connectivity index (χ2n) is 13.8. The number of para-hydroxylation sites is 1. The summed E-state index contributed by atoms with van der Waals surface area (Å²) in [5, 5.41) is 0. The number of hydrogen-bond donors (Lipinski definition) is 0. The maximum Gasteiger partial charge on any atom is 0.129 e. The third-order valence-electron chi connectivity index (χ3n) is 9.89. The predicted octanol–water partition coefficient (Wildman–Crippen LogP) is 13.2. The van der Waals surface area contributed by atoms with Gasteiger partial charge in [-0.1, -0.05) is 115 Å². The molecule has 1 aliphatic rings. The number of ether oxygens (including phenoxy) is 2. The van der Waals surface area contributed by atoms with E-state index in [1.54, 1.807) is 0 Å². The fraction of sp³-hybridized carbons (Fsp3) is 0.0392. The van der Waals surface area contributed by atoms with E-state index in [9.17, 15) is 0 Å². The largest absolute Gasteiger partial charge is 0.457 e. The molecule has 0 bridgehead atoms. The van der Waals surface area contributed by atoms with Crippen molar-refractivity contribution in [3.8, 4) is 78.8 Å². The van der Waals surface area contributed by atoms with Gasteiger partial charge in [0.05, 0.1) is 12.4 Å². The summed E-state index contributed by atoms with van der Waals surface area (Å²) in [6, 6.07) is 64.7. The Labute approximate surface area is 328 Å². The van der Waals surface area contributed by atoms with Gasteiger partial charge in [-0.2, -0.15) is 0 Å². The highest BCUT2D eigenvalue weighted by molar-refractivity contribution is 5.96. The van der Waals surface area contributed by atoms with E-state index in [1.165, 1.54) is 0 Å². The number of anilines is 1. The Morgan fingerprint density at radius 1 is 0.429 bits per heavy atom. The van der Waals surface area contributed by atoms with Crippen LogP contribution in [-0.2, 0) is 0 Å². The average Bonchev–Trinajstić information content (AvgIpc) is 3.70. The molecule has 0 saturated heterocycles. The molecule has 2 heterocycles. The van der Waals surface area contributed by atoms with Crippen LogP contribution >= 0.6 is 0 Å². The van der Waals surface area contributed by atoms with Gasteiger partial charge in [0.2, 0.25) is 0 Å². The molecule has 0 atom stereocenters. The summed E-state index contributed by atoms with van der Waals surface area (Å²) < 4.78 is 13.0. The molecular formula is C51H39N3O2. The lowest BCUT2D eigenvalue weighted by atomic mass is 9.86. The number of aromatic nitrogens is 1. The number of hydrogen-bond acceptors (Lipinski definition) is 5. The second-order valence-corrected chi connectivity index (χ2v) is 13.8. The third-order valence-corrected chi connectivity index (χ3v) is 9.89. The lowest BCUT2D eigenvalue weighted by Crippen LogP contribution is -2.21. The van der Waals surface area contributed by atoms with E-state index in [4.69, 9.17) is 14.5 Å². The minimum absolute atomic E-state index is 0.743. The molecule has 0 unspecified atom stereocenters. The molecule has 1 aliphatic heterocycles. The molecule has 0 aliphatic carbocycles. The molecule has 7 aromatic carbocycles. The molecule has 0 saturated carbocycles. The van der Waals surface area contributed by atoms with Gasteiger partial charge in [0.1, 0.15) is 23.0 Å². The Kier molecular flexibility index (Phi) is 9.55. The quantitative estimate of drug-likeness (QED) is 0.140. The van der Waals surface area contributed by atoms with Gasteiger partial charge in [-0.05, 0) is 111 Å². The normalized spacial score (nSPS) is 12.2. The predicted molar refractivity (Wildman–Crippen MR) is 229 cm³/mol. The van der Waals surface area contributed by atoms with Crippen LogP contribution in [0.15, 0.2) is 207 Å². The SMILES string of the molecule is CN1C=CN(c2cccc(Oc3cccc(-c4cc(-c5cc(Oc6ccccc6)cc(-c6c(-c7ccccc7)cccc6-c6ccccc6)c5)ccn4)c3)c2)C1. The molecule has 0 radical (unpaired) electrons. The van der Waals surface area contributed by atoms with Crippen molar-refractivity contribution in [3.63, 3.8) is 0 Å². The van der Waals surface area contributed by atoms with Crippen LogP contribution < -0.4 is 14.4 Å². The van der Waals surface area contributed by atoms with Crippen LogP contribution in [0.3, 0.4) is 0 Å². The topological polar surface area (TPSA) is 37.8 Å². The molecule has 0 fully saturated rings. The van der Waals surface area contributed by atoms with Crippen molar-refractivity contribution in [2.75, 3.05) is 18.6 Å². The van der Waals surface area contributed by atoms with Crippen LogP contribution in [0.1, 0.15) is 0 Å². The van der Waals surface area contributed by atoms with Crippen molar-refractivity contribution in [2.24, 2.45) is 0 Å². The molecule has 270 valence electrons. The van der Waals surface area contributed by atoms with E-state index in [-0.39, 0.29) is 0 Å². The zero-order chi connectivity index (χ0) is 37.7. The minimum Gasteiger partial charge on any atom is -0.457 e. The first-order valence-corrected chi connectivity index (χ1v) is 18.8. The molecule has 0 amide bonds. The average molecular weight is 726 g/mol. The Morgan fingerprint density at radius 2 is 1.00 bits per heavy atom. The lowest BCUT2D eigenvalue weighted by Gasteiger charge is -2.19. The Hall–Kier alpha value is -7.37. The van der Waals surface area contributed by atoms with Crippen LogP contribution in [0.25, 0.3) is 55.8 Å². The summed E-state index contributed by atoms with van der Waals surface area (Å²) in [7, 11) is 2.06. The van der Waals surface area contributed by atoms with Crippen LogP contribution in [-0.4, -0.2) is 23.6 Å². The molecule has 5 nitrogen and oxygen atoms in total. The molecular weight excluding hydrogens is 687 g/mol. The summed E-state index contributed by atoms with van der Waals surface area (Å²) in [4.78, 5) is 9.15. The Bertz CT molecular complexity index is 2580. The first-order valence-electron chi connectivity index (χ1n) is 18.8. The van der Waals surface area contributed by atoms with Crippen molar-refractivity contribution in [1.29, 1.82) is 0 Å². The van der Waals surface area contributed by atoms with E-state index in [0.29, 0.717) is 0 Å². The fourth-order valence-electron chi connectivity index (χ4n) is 7.22. The lowest BCUT2D eigenvalue weighted by molar-refractivity contribution is 0.481. The number of nitrogens with zero attached hydrogens (tertiary/aromatic N) is 3.